The molecule has 1 N–H and O–H groups in total. The molecule has 35 heavy (non-hydrogen) atoms. The van der Waals surface area contributed by atoms with Crippen LogP contribution in [-0.4, -0.2) is 23.0 Å². The average Bonchev–Trinajstić information content (AvgIpc) is 2.85. The lowest BCUT2D eigenvalue weighted by atomic mass is 10.2. The maximum absolute atomic E-state index is 13.5. The van der Waals surface area contributed by atoms with Crippen molar-refractivity contribution in [1.82, 2.24) is 14.5 Å². The van der Waals surface area contributed by atoms with E-state index in [2.05, 4.69) is 9.71 Å². The summed E-state index contributed by atoms with van der Waals surface area (Å²) < 4.78 is 29.5. The van der Waals surface area contributed by atoms with Crippen molar-refractivity contribution in [2.45, 2.75) is 14.9 Å². The van der Waals surface area contributed by atoms with Crippen molar-refractivity contribution in [1.29, 1.82) is 0 Å². The standard InChI is InChI=1S/C25H17ClN4O3S2/c26-17-6-5-7-19(16-17)34-25-28-22-9-2-1-8-21(22)24(31)30(25)18-11-13-20(14-12-18)35(32,33)29-23-10-3-4-15-27-23/h1-16H,(H,27,29). The van der Waals surface area contributed by atoms with Crippen LogP contribution in [0.25, 0.3) is 16.6 Å². The monoisotopic (exact) mass is 520 g/mol. The summed E-state index contributed by atoms with van der Waals surface area (Å²) in [6.45, 7) is 0. The highest BCUT2D eigenvalue weighted by Crippen LogP contribution is 2.30. The second-order valence-corrected chi connectivity index (χ2v) is 10.6. The van der Waals surface area contributed by atoms with Gasteiger partial charge in [-0.3, -0.25) is 14.1 Å². The predicted octanol–water partition coefficient (Wildman–Crippen LogP) is 5.39. The lowest BCUT2D eigenvalue weighted by molar-refractivity contribution is 0.601. The quantitative estimate of drug-likeness (QED) is 0.302. The summed E-state index contributed by atoms with van der Waals surface area (Å²) in [5.41, 5.74) is 0.786. The van der Waals surface area contributed by atoms with E-state index in [0.29, 0.717) is 26.8 Å². The molecule has 0 aliphatic carbocycles. The molecule has 0 unspecified atom stereocenters. The Kier molecular flexibility index (Phi) is 6.29. The van der Waals surface area contributed by atoms with E-state index in [-0.39, 0.29) is 16.3 Å². The third-order valence-electron chi connectivity index (χ3n) is 5.06. The maximum atomic E-state index is 13.5. The van der Waals surface area contributed by atoms with Crippen LogP contribution in [0.3, 0.4) is 0 Å². The molecule has 0 aliphatic rings. The van der Waals surface area contributed by atoms with Crippen LogP contribution in [0.15, 0.2) is 117 Å². The lowest BCUT2D eigenvalue weighted by Gasteiger charge is -2.14. The summed E-state index contributed by atoms with van der Waals surface area (Å²) in [4.78, 5) is 23.0. The molecule has 0 bridgehead atoms. The molecule has 5 rings (SSSR count). The molecule has 0 saturated carbocycles. The molecule has 174 valence electrons. The molecule has 0 saturated heterocycles. The topological polar surface area (TPSA) is 94.0 Å². The summed E-state index contributed by atoms with van der Waals surface area (Å²) in [5, 5.41) is 1.45. The van der Waals surface area contributed by atoms with E-state index in [1.165, 1.54) is 34.7 Å². The zero-order valence-corrected chi connectivity index (χ0v) is 20.4. The zero-order valence-electron chi connectivity index (χ0n) is 18.0. The maximum Gasteiger partial charge on any atom is 0.266 e. The number of pyridine rings is 1. The van der Waals surface area contributed by atoms with Gasteiger partial charge in [-0.1, -0.05) is 47.6 Å². The number of nitrogens with zero attached hydrogens (tertiary/aromatic N) is 3. The number of para-hydroxylation sites is 1. The first-order valence-corrected chi connectivity index (χ1v) is 13.1. The van der Waals surface area contributed by atoms with Gasteiger partial charge in [0.15, 0.2) is 5.16 Å². The molecule has 0 radical (unpaired) electrons. The number of rotatable bonds is 6. The third-order valence-corrected chi connectivity index (χ3v) is 7.61. The largest absolute Gasteiger partial charge is 0.268 e. The van der Waals surface area contributed by atoms with E-state index in [9.17, 15) is 13.2 Å². The molecule has 3 aromatic carbocycles. The Balaban J connectivity index is 1.58. The Labute approximate surface area is 210 Å². The molecule has 5 aromatic rings. The summed E-state index contributed by atoms with van der Waals surface area (Å²) >= 11 is 7.44. The highest BCUT2D eigenvalue weighted by molar-refractivity contribution is 7.99. The summed E-state index contributed by atoms with van der Waals surface area (Å²) in [6, 6.07) is 25.3. The van der Waals surface area contributed by atoms with Gasteiger partial charge in [-0.25, -0.2) is 18.4 Å². The van der Waals surface area contributed by atoms with Crippen molar-refractivity contribution < 1.29 is 8.42 Å². The Morgan fingerprint density at radius 3 is 2.40 bits per heavy atom. The van der Waals surface area contributed by atoms with Crippen molar-refractivity contribution in [3.63, 3.8) is 0 Å². The Bertz CT molecular complexity index is 1690. The van der Waals surface area contributed by atoms with Gasteiger partial charge in [-0.2, -0.15) is 0 Å². The number of hydrogen-bond donors (Lipinski definition) is 1. The number of sulfonamides is 1. The van der Waals surface area contributed by atoms with Gasteiger partial charge in [0.1, 0.15) is 5.82 Å². The fourth-order valence-electron chi connectivity index (χ4n) is 3.44. The Morgan fingerprint density at radius 1 is 0.886 bits per heavy atom. The van der Waals surface area contributed by atoms with Gasteiger partial charge in [-0.05, 0) is 66.7 Å². The SMILES string of the molecule is O=c1c2ccccc2nc(Sc2cccc(Cl)c2)n1-c1ccc(S(=O)(=O)Nc2ccccn2)cc1. The molecular formula is C25H17ClN4O3S2. The first kappa shape index (κ1) is 23.1. The second-order valence-electron chi connectivity index (χ2n) is 7.43. The van der Waals surface area contributed by atoms with Gasteiger partial charge >= 0.3 is 0 Å². The van der Waals surface area contributed by atoms with Crippen LogP contribution in [0.2, 0.25) is 5.02 Å². The molecule has 0 spiro atoms. The number of hydrogen-bond acceptors (Lipinski definition) is 6. The van der Waals surface area contributed by atoms with Crippen molar-refractivity contribution in [2.24, 2.45) is 0 Å². The van der Waals surface area contributed by atoms with Crippen LogP contribution < -0.4 is 10.3 Å². The summed E-state index contributed by atoms with van der Waals surface area (Å²) in [6.07, 6.45) is 1.50. The van der Waals surface area contributed by atoms with Gasteiger partial charge in [-0.15, -0.1) is 0 Å². The number of anilines is 1. The van der Waals surface area contributed by atoms with Gasteiger partial charge in [0.2, 0.25) is 0 Å². The second kappa shape index (κ2) is 9.53. The Morgan fingerprint density at radius 2 is 1.66 bits per heavy atom. The summed E-state index contributed by atoms with van der Waals surface area (Å²) in [7, 11) is -3.86. The van der Waals surface area contributed by atoms with E-state index in [1.54, 1.807) is 60.7 Å². The van der Waals surface area contributed by atoms with Gasteiger partial charge in [0.25, 0.3) is 15.6 Å². The van der Waals surface area contributed by atoms with Crippen LogP contribution >= 0.6 is 23.4 Å². The zero-order chi connectivity index (χ0) is 24.4. The first-order valence-electron chi connectivity index (χ1n) is 10.4. The van der Waals surface area contributed by atoms with Crippen LogP contribution in [0.4, 0.5) is 5.82 Å². The van der Waals surface area contributed by atoms with Crippen molar-refractivity contribution in [3.05, 3.63) is 113 Å². The number of halogens is 1. The average molecular weight is 521 g/mol. The minimum Gasteiger partial charge on any atom is -0.268 e. The number of benzene rings is 3. The third kappa shape index (κ3) is 4.93. The lowest BCUT2D eigenvalue weighted by Crippen LogP contribution is -2.22. The first-order chi connectivity index (χ1) is 16.9. The van der Waals surface area contributed by atoms with Gasteiger partial charge in [0, 0.05) is 16.1 Å². The van der Waals surface area contributed by atoms with E-state index in [4.69, 9.17) is 16.6 Å². The highest BCUT2D eigenvalue weighted by Gasteiger charge is 2.18. The molecule has 0 amide bonds. The molecule has 0 aliphatic heterocycles. The molecule has 0 atom stereocenters. The van der Waals surface area contributed by atoms with Gasteiger partial charge in [0.05, 0.1) is 21.5 Å². The van der Waals surface area contributed by atoms with E-state index in [1.807, 2.05) is 18.2 Å². The fourth-order valence-corrected chi connectivity index (χ4v) is 5.67. The highest BCUT2D eigenvalue weighted by atomic mass is 35.5. The molecule has 2 aromatic heterocycles. The number of aromatic nitrogens is 3. The number of fused-ring (bicyclic) bond motifs is 1. The molecule has 2 heterocycles. The predicted molar refractivity (Wildman–Crippen MR) is 138 cm³/mol. The minimum absolute atomic E-state index is 0.0396. The van der Waals surface area contributed by atoms with Crippen LogP contribution in [0, 0.1) is 0 Å². The van der Waals surface area contributed by atoms with Crippen molar-refractivity contribution >= 4 is 50.1 Å². The molecule has 0 fully saturated rings. The van der Waals surface area contributed by atoms with E-state index in [0.717, 1.165) is 4.90 Å². The molecular weight excluding hydrogens is 504 g/mol. The Hall–Kier alpha value is -3.66. The van der Waals surface area contributed by atoms with Crippen molar-refractivity contribution in [3.8, 4) is 5.69 Å². The normalized spacial score (nSPS) is 11.5. The molecule has 10 heteroatoms. The van der Waals surface area contributed by atoms with Crippen LogP contribution in [0.5, 0.6) is 0 Å². The van der Waals surface area contributed by atoms with Crippen molar-refractivity contribution in [2.75, 3.05) is 4.72 Å². The summed E-state index contributed by atoms with van der Waals surface area (Å²) in [5.74, 6) is 0.215. The van der Waals surface area contributed by atoms with Crippen LogP contribution in [-0.2, 0) is 10.0 Å². The smallest absolute Gasteiger partial charge is 0.266 e. The fraction of sp³-hybridized carbons (Fsp3) is 0. The van der Waals surface area contributed by atoms with Crippen LogP contribution in [0.1, 0.15) is 0 Å². The minimum atomic E-state index is -3.86. The van der Waals surface area contributed by atoms with E-state index < -0.39 is 10.0 Å². The van der Waals surface area contributed by atoms with E-state index >= 15 is 0 Å². The number of nitrogens with one attached hydrogen (secondary N) is 1. The van der Waals surface area contributed by atoms with Gasteiger partial charge < -0.3 is 0 Å². The molecule has 7 nitrogen and oxygen atoms in total.